The average Bonchev–Trinajstić information content (AvgIpc) is 3.35. The number of nitrogens with zero attached hydrogens (tertiary/aromatic N) is 4. The highest BCUT2D eigenvalue weighted by atomic mass is 16.4. The van der Waals surface area contributed by atoms with Gasteiger partial charge < -0.3 is 9.32 Å². The molecule has 5 nitrogen and oxygen atoms in total. The van der Waals surface area contributed by atoms with Crippen LogP contribution in [0.3, 0.4) is 0 Å². The molecule has 1 saturated heterocycles. The Bertz CT molecular complexity index is 1380. The van der Waals surface area contributed by atoms with Crippen LogP contribution in [0, 0.1) is 5.92 Å². The average molecular weight is 447 g/mol. The summed E-state index contributed by atoms with van der Waals surface area (Å²) >= 11 is 0. The minimum atomic E-state index is 0.579. The van der Waals surface area contributed by atoms with E-state index in [1.165, 1.54) is 5.56 Å². The lowest BCUT2D eigenvalue weighted by Crippen LogP contribution is -2.35. The summed E-state index contributed by atoms with van der Waals surface area (Å²) in [6.07, 6.45) is 3.38. The van der Waals surface area contributed by atoms with E-state index in [1.54, 1.807) is 0 Å². The molecule has 2 aromatic heterocycles. The van der Waals surface area contributed by atoms with Crippen LogP contribution < -0.4 is 4.90 Å². The van der Waals surface area contributed by atoms with E-state index in [0.717, 1.165) is 49.3 Å². The van der Waals surface area contributed by atoms with Crippen molar-refractivity contribution in [1.29, 1.82) is 0 Å². The minimum absolute atomic E-state index is 0.579. The summed E-state index contributed by atoms with van der Waals surface area (Å²) in [4.78, 5) is 16.9. The normalized spacial score (nSPS) is 14.5. The van der Waals surface area contributed by atoms with Gasteiger partial charge in [-0.15, -0.1) is 0 Å². The Hall–Kier alpha value is -3.99. The van der Waals surface area contributed by atoms with Gasteiger partial charge in [0.1, 0.15) is 0 Å². The lowest BCUT2D eigenvalue weighted by atomic mass is 9.90. The predicted molar refractivity (Wildman–Crippen MR) is 136 cm³/mol. The third-order valence-corrected chi connectivity index (χ3v) is 6.57. The van der Waals surface area contributed by atoms with Crippen LogP contribution in [0.5, 0.6) is 0 Å². The highest BCUT2D eigenvalue weighted by Crippen LogP contribution is 2.34. The first-order chi connectivity index (χ1) is 16.8. The Morgan fingerprint density at radius 3 is 2.00 bits per heavy atom. The van der Waals surface area contributed by atoms with Gasteiger partial charge in [-0.2, -0.15) is 4.98 Å². The van der Waals surface area contributed by atoms with E-state index in [2.05, 4.69) is 35.2 Å². The van der Waals surface area contributed by atoms with E-state index in [0.29, 0.717) is 28.9 Å². The van der Waals surface area contributed by atoms with E-state index in [1.807, 2.05) is 60.7 Å². The zero-order valence-electron chi connectivity index (χ0n) is 19.0. The van der Waals surface area contributed by atoms with Gasteiger partial charge in [0.25, 0.3) is 0 Å². The molecule has 1 aliphatic heterocycles. The number of oxazole rings is 1. The molecule has 168 valence electrons. The first kappa shape index (κ1) is 20.6. The van der Waals surface area contributed by atoms with Gasteiger partial charge in [0.05, 0.1) is 0 Å². The first-order valence-electron chi connectivity index (χ1n) is 11.9. The van der Waals surface area contributed by atoms with Gasteiger partial charge in [-0.1, -0.05) is 78.9 Å². The molecule has 0 atom stereocenters. The van der Waals surface area contributed by atoms with Crippen molar-refractivity contribution >= 4 is 17.0 Å². The maximum atomic E-state index is 6.27. The SMILES string of the molecule is c1ccc(CC2CCN(c3nc(-c4ccccc4)nc4nc(-c5ccccc5)oc34)CC2)cc1. The van der Waals surface area contributed by atoms with Gasteiger partial charge in [0, 0.05) is 24.2 Å². The summed E-state index contributed by atoms with van der Waals surface area (Å²) in [5.41, 5.74) is 4.61. The van der Waals surface area contributed by atoms with E-state index in [9.17, 15) is 0 Å². The molecule has 6 rings (SSSR count). The van der Waals surface area contributed by atoms with Crippen LogP contribution in [0.1, 0.15) is 18.4 Å². The van der Waals surface area contributed by atoms with Gasteiger partial charge in [-0.05, 0) is 42.9 Å². The van der Waals surface area contributed by atoms with Crippen LogP contribution in [0.4, 0.5) is 5.82 Å². The summed E-state index contributed by atoms with van der Waals surface area (Å²) in [5.74, 6) is 2.79. The molecule has 0 amide bonds. The Kier molecular flexibility index (Phi) is 5.52. The number of benzene rings is 3. The molecule has 0 bridgehead atoms. The Balaban J connectivity index is 1.34. The van der Waals surface area contributed by atoms with Crippen LogP contribution in [0.15, 0.2) is 95.4 Å². The molecular formula is C29H26N4O. The van der Waals surface area contributed by atoms with E-state index >= 15 is 0 Å². The van der Waals surface area contributed by atoms with Crippen molar-refractivity contribution in [2.75, 3.05) is 18.0 Å². The first-order valence-corrected chi connectivity index (χ1v) is 11.9. The Morgan fingerprint density at radius 1 is 0.706 bits per heavy atom. The Morgan fingerprint density at radius 2 is 1.32 bits per heavy atom. The van der Waals surface area contributed by atoms with Crippen LogP contribution in [-0.4, -0.2) is 28.0 Å². The molecule has 0 saturated carbocycles. The summed E-state index contributed by atoms with van der Waals surface area (Å²) in [6, 6.07) is 30.9. The van der Waals surface area contributed by atoms with Gasteiger partial charge in [0.2, 0.25) is 17.1 Å². The van der Waals surface area contributed by atoms with Crippen molar-refractivity contribution in [3.05, 3.63) is 96.6 Å². The van der Waals surface area contributed by atoms with Crippen molar-refractivity contribution in [2.24, 2.45) is 5.92 Å². The molecular weight excluding hydrogens is 420 g/mol. The number of rotatable bonds is 5. The topological polar surface area (TPSA) is 55.1 Å². The number of hydrogen-bond acceptors (Lipinski definition) is 5. The van der Waals surface area contributed by atoms with Gasteiger partial charge in [-0.3, -0.25) is 0 Å². The number of fused-ring (bicyclic) bond motifs is 1. The molecule has 0 spiro atoms. The monoisotopic (exact) mass is 446 g/mol. The third kappa shape index (κ3) is 4.17. The molecule has 1 aliphatic rings. The van der Waals surface area contributed by atoms with Gasteiger partial charge >= 0.3 is 0 Å². The van der Waals surface area contributed by atoms with E-state index < -0.39 is 0 Å². The number of anilines is 1. The second kappa shape index (κ2) is 9.10. The fraction of sp³-hybridized carbons (Fsp3) is 0.207. The van der Waals surface area contributed by atoms with E-state index in [4.69, 9.17) is 19.4 Å². The molecule has 0 N–H and O–H groups in total. The summed E-state index contributed by atoms with van der Waals surface area (Å²) in [5, 5.41) is 0. The molecule has 0 unspecified atom stereocenters. The van der Waals surface area contributed by atoms with Gasteiger partial charge in [-0.25, -0.2) is 9.97 Å². The minimum Gasteiger partial charge on any atom is -0.430 e. The molecule has 5 aromatic rings. The summed E-state index contributed by atoms with van der Waals surface area (Å²) in [6.45, 7) is 1.89. The maximum Gasteiger partial charge on any atom is 0.229 e. The highest BCUT2D eigenvalue weighted by Gasteiger charge is 2.25. The van der Waals surface area contributed by atoms with Crippen molar-refractivity contribution in [2.45, 2.75) is 19.3 Å². The number of piperidine rings is 1. The highest BCUT2D eigenvalue weighted by molar-refractivity contribution is 5.85. The van der Waals surface area contributed by atoms with Crippen LogP contribution in [-0.2, 0) is 6.42 Å². The van der Waals surface area contributed by atoms with Crippen molar-refractivity contribution < 1.29 is 4.42 Å². The quantitative estimate of drug-likeness (QED) is 0.312. The lowest BCUT2D eigenvalue weighted by Gasteiger charge is -2.32. The van der Waals surface area contributed by atoms with Crippen molar-refractivity contribution in [1.82, 2.24) is 15.0 Å². The van der Waals surface area contributed by atoms with E-state index in [-0.39, 0.29) is 0 Å². The Labute approximate surface area is 199 Å². The number of hydrogen-bond donors (Lipinski definition) is 0. The predicted octanol–water partition coefficient (Wildman–Crippen LogP) is 6.41. The second-order valence-electron chi connectivity index (χ2n) is 8.89. The fourth-order valence-electron chi connectivity index (χ4n) is 4.74. The fourth-order valence-corrected chi connectivity index (χ4v) is 4.74. The molecule has 3 heterocycles. The molecule has 34 heavy (non-hydrogen) atoms. The van der Waals surface area contributed by atoms with Crippen molar-refractivity contribution in [3.8, 4) is 22.8 Å². The second-order valence-corrected chi connectivity index (χ2v) is 8.89. The summed E-state index contributed by atoms with van der Waals surface area (Å²) in [7, 11) is 0. The van der Waals surface area contributed by atoms with Crippen LogP contribution in [0.2, 0.25) is 0 Å². The molecule has 0 radical (unpaired) electrons. The molecule has 1 fully saturated rings. The standard InChI is InChI=1S/C29H26N4O/c1-4-10-21(11-5-1)20-22-16-18-33(19-17-22)28-25-27(30-26(31-28)23-12-6-2-7-13-23)32-29(34-25)24-14-8-3-9-15-24/h1-15,22H,16-20H2. The largest absolute Gasteiger partial charge is 0.430 e. The van der Waals surface area contributed by atoms with Gasteiger partial charge in [0.15, 0.2) is 11.6 Å². The third-order valence-electron chi connectivity index (χ3n) is 6.57. The number of aromatic nitrogens is 3. The lowest BCUT2D eigenvalue weighted by molar-refractivity contribution is 0.402. The maximum absolute atomic E-state index is 6.27. The molecule has 5 heteroatoms. The van der Waals surface area contributed by atoms with Crippen LogP contribution >= 0.6 is 0 Å². The zero-order chi connectivity index (χ0) is 22.7. The van der Waals surface area contributed by atoms with Crippen LogP contribution in [0.25, 0.3) is 34.1 Å². The van der Waals surface area contributed by atoms with Crippen molar-refractivity contribution in [3.63, 3.8) is 0 Å². The molecule has 0 aliphatic carbocycles. The molecule has 3 aromatic carbocycles. The smallest absolute Gasteiger partial charge is 0.229 e. The zero-order valence-corrected chi connectivity index (χ0v) is 19.0. The summed E-state index contributed by atoms with van der Waals surface area (Å²) < 4.78 is 6.27.